The number of nitrogens with one attached hydrogen (secondary N) is 1. The van der Waals surface area contributed by atoms with Crippen molar-refractivity contribution in [1.82, 2.24) is 10.3 Å². The van der Waals surface area contributed by atoms with Gasteiger partial charge in [-0.25, -0.2) is 4.98 Å². The lowest BCUT2D eigenvalue weighted by Gasteiger charge is -2.08. The molecule has 88 valence electrons. The summed E-state index contributed by atoms with van der Waals surface area (Å²) in [7, 11) is 0. The highest BCUT2D eigenvalue weighted by molar-refractivity contribution is 8.00. The molecule has 2 nitrogen and oxygen atoms in total. The SMILES string of the molecule is c1sc(C2CC2)nc1CNCC1CCCS1. The molecule has 0 bridgehead atoms. The molecule has 1 N–H and O–H groups in total. The third-order valence-electron chi connectivity index (χ3n) is 3.20. The molecule has 1 saturated heterocycles. The second-order valence-corrected chi connectivity index (χ2v) is 7.02. The Hall–Kier alpha value is -0.0600. The first kappa shape index (κ1) is 11.1. The normalized spacial score (nSPS) is 25.1. The minimum Gasteiger partial charge on any atom is -0.310 e. The van der Waals surface area contributed by atoms with Gasteiger partial charge in [0.2, 0.25) is 0 Å². The Kier molecular flexibility index (Phi) is 3.50. The van der Waals surface area contributed by atoms with Gasteiger partial charge in [-0.15, -0.1) is 11.3 Å². The second kappa shape index (κ2) is 5.07. The van der Waals surface area contributed by atoms with E-state index < -0.39 is 0 Å². The molecule has 0 spiro atoms. The van der Waals surface area contributed by atoms with Crippen LogP contribution < -0.4 is 5.32 Å². The van der Waals surface area contributed by atoms with Crippen molar-refractivity contribution in [2.45, 2.75) is 43.4 Å². The molecule has 3 rings (SSSR count). The molecule has 0 aromatic carbocycles. The van der Waals surface area contributed by atoms with Crippen LogP contribution in [0.4, 0.5) is 0 Å². The van der Waals surface area contributed by atoms with E-state index in [0.717, 1.165) is 24.3 Å². The van der Waals surface area contributed by atoms with Crippen molar-refractivity contribution in [3.63, 3.8) is 0 Å². The summed E-state index contributed by atoms with van der Waals surface area (Å²) < 4.78 is 0. The van der Waals surface area contributed by atoms with E-state index in [2.05, 4.69) is 27.4 Å². The topological polar surface area (TPSA) is 24.9 Å². The van der Waals surface area contributed by atoms with Gasteiger partial charge in [-0.05, 0) is 31.4 Å². The molecule has 2 fully saturated rings. The highest BCUT2D eigenvalue weighted by Gasteiger charge is 2.26. The Morgan fingerprint density at radius 1 is 1.38 bits per heavy atom. The molecule has 0 amide bonds. The van der Waals surface area contributed by atoms with Crippen molar-refractivity contribution >= 4 is 23.1 Å². The van der Waals surface area contributed by atoms with Crippen LogP contribution in [0.5, 0.6) is 0 Å². The second-order valence-electron chi connectivity index (χ2n) is 4.72. The van der Waals surface area contributed by atoms with E-state index in [-0.39, 0.29) is 0 Å². The van der Waals surface area contributed by atoms with Crippen molar-refractivity contribution in [2.75, 3.05) is 12.3 Å². The molecule has 1 saturated carbocycles. The first-order valence-corrected chi connectivity index (χ1v) is 8.11. The Labute approximate surface area is 105 Å². The van der Waals surface area contributed by atoms with Gasteiger partial charge in [0.15, 0.2) is 0 Å². The number of thiazole rings is 1. The Bertz CT molecular complexity index is 341. The van der Waals surface area contributed by atoms with Gasteiger partial charge >= 0.3 is 0 Å². The molecule has 2 heterocycles. The van der Waals surface area contributed by atoms with Crippen molar-refractivity contribution in [3.8, 4) is 0 Å². The van der Waals surface area contributed by atoms with Crippen LogP contribution in [0.1, 0.15) is 42.3 Å². The summed E-state index contributed by atoms with van der Waals surface area (Å²) in [5.41, 5.74) is 1.25. The zero-order valence-electron chi connectivity index (χ0n) is 9.45. The minimum absolute atomic E-state index is 0.809. The predicted molar refractivity (Wildman–Crippen MR) is 71.3 cm³/mol. The lowest BCUT2D eigenvalue weighted by molar-refractivity contribution is 0.638. The highest BCUT2D eigenvalue weighted by atomic mass is 32.2. The molecule has 1 aromatic heterocycles. The summed E-state index contributed by atoms with van der Waals surface area (Å²) >= 11 is 3.96. The number of nitrogens with zero attached hydrogens (tertiary/aromatic N) is 1. The van der Waals surface area contributed by atoms with E-state index in [1.807, 2.05) is 11.3 Å². The monoisotopic (exact) mass is 254 g/mol. The molecule has 4 heteroatoms. The maximum absolute atomic E-state index is 4.69. The number of aromatic nitrogens is 1. The molecule has 1 aliphatic carbocycles. The average Bonchev–Trinajstić information content (AvgIpc) is 2.83. The number of hydrogen-bond acceptors (Lipinski definition) is 4. The average molecular weight is 254 g/mol. The van der Waals surface area contributed by atoms with Crippen LogP contribution in [0.3, 0.4) is 0 Å². The zero-order valence-corrected chi connectivity index (χ0v) is 11.1. The summed E-state index contributed by atoms with van der Waals surface area (Å²) in [5, 5.41) is 7.98. The van der Waals surface area contributed by atoms with Crippen LogP contribution in [-0.4, -0.2) is 22.5 Å². The molecule has 1 aromatic rings. The van der Waals surface area contributed by atoms with Crippen molar-refractivity contribution in [3.05, 3.63) is 16.1 Å². The molecule has 16 heavy (non-hydrogen) atoms. The quantitative estimate of drug-likeness (QED) is 0.874. The van der Waals surface area contributed by atoms with Crippen LogP contribution in [0, 0.1) is 0 Å². The predicted octanol–water partition coefficient (Wildman–Crippen LogP) is 3.01. The number of thioether (sulfide) groups is 1. The van der Waals surface area contributed by atoms with Gasteiger partial charge in [0.05, 0.1) is 10.7 Å². The fourth-order valence-electron chi connectivity index (χ4n) is 2.09. The lowest BCUT2D eigenvalue weighted by atomic mass is 10.2. The summed E-state index contributed by atoms with van der Waals surface area (Å²) in [4.78, 5) is 4.69. The Morgan fingerprint density at radius 3 is 3.06 bits per heavy atom. The smallest absolute Gasteiger partial charge is 0.0959 e. The molecule has 1 atom stereocenters. The van der Waals surface area contributed by atoms with E-state index in [9.17, 15) is 0 Å². The fraction of sp³-hybridized carbons (Fsp3) is 0.750. The first-order chi connectivity index (χ1) is 7.92. The number of rotatable bonds is 5. The van der Waals surface area contributed by atoms with E-state index in [4.69, 9.17) is 0 Å². The van der Waals surface area contributed by atoms with E-state index in [1.165, 1.54) is 42.1 Å². The summed E-state index contributed by atoms with van der Waals surface area (Å²) in [6, 6.07) is 0. The highest BCUT2D eigenvalue weighted by Crippen LogP contribution is 2.41. The van der Waals surface area contributed by atoms with Crippen LogP contribution in [-0.2, 0) is 6.54 Å². The molecule has 1 unspecified atom stereocenters. The Balaban J connectivity index is 1.42. The van der Waals surface area contributed by atoms with Gasteiger partial charge in [-0.3, -0.25) is 0 Å². The van der Waals surface area contributed by atoms with Gasteiger partial charge in [-0.2, -0.15) is 11.8 Å². The van der Waals surface area contributed by atoms with Gasteiger partial charge in [0.25, 0.3) is 0 Å². The van der Waals surface area contributed by atoms with E-state index in [0.29, 0.717) is 0 Å². The summed E-state index contributed by atoms with van der Waals surface area (Å²) in [6.07, 6.45) is 5.51. The van der Waals surface area contributed by atoms with Gasteiger partial charge in [0, 0.05) is 29.6 Å². The van der Waals surface area contributed by atoms with Crippen LogP contribution >= 0.6 is 23.1 Å². The third-order valence-corrected chi connectivity index (χ3v) is 5.65. The Morgan fingerprint density at radius 2 is 2.31 bits per heavy atom. The maximum Gasteiger partial charge on any atom is 0.0959 e. The maximum atomic E-state index is 4.69. The van der Waals surface area contributed by atoms with E-state index >= 15 is 0 Å². The van der Waals surface area contributed by atoms with Crippen LogP contribution in [0.15, 0.2) is 5.38 Å². The largest absolute Gasteiger partial charge is 0.310 e. The summed E-state index contributed by atoms with van der Waals surface area (Å²) in [6.45, 7) is 2.11. The lowest BCUT2D eigenvalue weighted by Crippen LogP contribution is -2.22. The molecular weight excluding hydrogens is 236 g/mol. The first-order valence-electron chi connectivity index (χ1n) is 6.18. The van der Waals surface area contributed by atoms with Crippen molar-refractivity contribution in [2.24, 2.45) is 0 Å². The number of hydrogen-bond donors (Lipinski definition) is 1. The van der Waals surface area contributed by atoms with Gasteiger partial charge in [0.1, 0.15) is 0 Å². The fourth-order valence-corrected chi connectivity index (χ4v) is 4.31. The summed E-state index contributed by atoms with van der Waals surface area (Å²) in [5.74, 6) is 2.17. The van der Waals surface area contributed by atoms with Gasteiger partial charge < -0.3 is 5.32 Å². The standard InChI is InChI=1S/C12H18N2S2/c1-2-11(15-5-1)7-13-6-10-8-16-12(14-10)9-3-4-9/h8-9,11,13H,1-7H2. The van der Waals surface area contributed by atoms with Crippen molar-refractivity contribution < 1.29 is 0 Å². The minimum atomic E-state index is 0.809. The van der Waals surface area contributed by atoms with Crippen LogP contribution in [0.2, 0.25) is 0 Å². The molecule has 1 aliphatic heterocycles. The van der Waals surface area contributed by atoms with Crippen molar-refractivity contribution in [1.29, 1.82) is 0 Å². The van der Waals surface area contributed by atoms with E-state index in [1.54, 1.807) is 0 Å². The zero-order chi connectivity index (χ0) is 10.8. The molecule has 2 aliphatic rings. The van der Waals surface area contributed by atoms with Crippen LogP contribution in [0.25, 0.3) is 0 Å². The molecular formula is C12H18N2S2. The third kappa shape index (κ3) is 2.79. The van der Waals surface area contributed by atoms with Gasteiger partial charge in [-0.1, -0.05) is 0 Å². The molecule has 0 radical (unpaired) electrons.